The average molecular weight is 234 g/mol. The second kappa shape index (κ2) is 4.91. The second-order valence-electron chi connectivity index (χ2n) is 3.46. The van der Waals surface area contributed by atoms with Crippen molar-refractivity contribution in [3.05, 3.63) is 30.0 Å². The van der Waals surface area contributed by atoms with E-state index in [1.54, 1.807) is 19.1 Å². The molecule has 0 N–H and O–H groups in total. The first-order valence-electron chi connectivity index (χ1n) is 5.57. The number of furan rings is 1. The van der Waals surface area contributed by atoms with Crippen LogP contribution in [0, 0.1) is 0 Å². The first kappa shape index (κ1) is 11.5. The molecular formula is C13H14O4. The largest absolute Gasteiger partial charge is 0.494 e. The molecule has 0 radical (unpaired) electrons. The Bertz CT molecular complexity index is 527. The lowest BCUT2D eigenvalue weighted by Crippen LogP contribution is -2.03. The molecule has 0 bridgehead atoms. The van der Waals surface area contributed by atoms with Crippen molar-refractivity contribution in [1.82, 2.24) is 0 Å². The zero-order chi connectivity index (χ0) is 12.3. The highest BCUT2D eigenvalue weighted by molar-refractivity contribution is 6.03. The lowest BCUT2D eigenvalue weighted by molar-refractivity contribution is 0.0527. The first-order chi connectivity index (χ1) is 8.26. The van der Waals surface area contributed by atoms with Crippen LogP contribution in [0.5, 0.6) is 5.75 Å². The van der Waals surface area contributed by atoms with Crippen molar-refractivity contribution in [1.29, 1.82) is 0 Å². The van der Waals surface area contributed by atoms with E-state index in [-0.39, 0.29) is 5.97 Å². The number of carbonyl (C=O) groups is 1. The summed E-state index contributed by atoms with van der Waals surface area (Å²) in [6, 6.07) is 5.38. The van der Waals surface area contributed by atoms with Crippen molar-refractivity contribution in [2.24, 2.45) is 0 Å². The summed E-state index contributed by atoms with van der Waals surface area (Å²) in [5.41, 5.74) is 1.07. The van der Waals surface area contributed by atoms with E-state index in [0.29, 0.717) is 24.4 Å². The molecule has 1 heterocycles. The first-order valence-corrected chi connectivity index (χ1v) is 5.57. The van der Waals surface area contributed by atoms with Gasteiger partial charge in [0.15, 0.2) is 0 Å². The summed E-state index contributed by atoms with van der Waals surface area (Å²) >= 11 is 0. The number of esters is 1. The molecule has 90 valence electrons. The number of hydrogen-bond acceptors (Lipinski definition) is 4. The SMILES string of the molecule is CCOC(=O)c1coc2cc(OCC)ccc12. The molecule has 17 heavy (non-hydrogen) atoms. The van der Waals surface area contributed by atoms with E-state index in [9.17, 15) is 4.79 Å². The van der Waals surface area contributed by atoms with E-state index in [2.05, 4.69) is 0 Å². The number of rotatable bonds is 4. The van der Waals surface area contributed by atoms with E-state index in [1.807, 2.05) is 13.0 Å². The number of hydrogen-bond donors (Lipinski definition) is 0. The predicted molar refractivity (Wildman–Crippen MR) is 63.3 cm³/mol. The van der Waals surface area contributed by atoms with Crippen LogP contribution in [0.4, 0.5) is 0 Å². The van der Waals surface area contributed by atoms with Crippen LogP contribution >= 0.6 is 0 Å². The highest BCUT2D eigenvalue weighted by Gasteiger charge is 2.14. The van der Waals surface area contributed by atoms with Crippen molar-refractivity contribution in [2.45, 2.75) is 13.8 Å². The van der Waals surface area contributed by atoms with Gasteiger partial charge in [0.25, 0.3) is 0 Å². The van der Waals surface area contributed by atoms with E-state index < -0.39 is 0 Å². The van der Waals surface area contributed by atoms with Gasteiger partial charge in [0, 0.05) is 11.5 Å². The standard InChI is InChI=1S/C13H14O4/c1-3-15-9-5-6-10-11(13(14)16-4-2)8-17-12(10)7-9/h5-8H,3-4H2,1-2H3. The highest BCUT2D eigenvalue weighted by atomic mass is 16.5. The van der Waals surface area contributed by atoms with Gasteiger partial charge in [-0.05, 0) is 26.0 Å². The van der Waals surface area contributed by atoms with Crippen LogP contribution in [-0.2, 0) is 4.74 Å². The lowest BCUT2D eigenvalue weighted by Gasteiger charge is -2.02. The Balaban J connectivity index is 2.38. The molecule has 0 atom stereocenters. The van der Waals surface area contributed by atoms with Crippen molar-refractivity contribution >= 4 is 16.9 Å². The Hall–Kier alpha value is -1.97. The van der Waals surface area contributed by atoms with Crippen LogP contribution in [0.25, 0.3) is 11.0 Å². The maximum atomic E-state index is 11.6. The van der Waals surface area contributed by atoms with Crippen molar-refractivity contribution in [3.8, 4) is 5.75 Å². The monoisotopic (exact) mass is 234 g/mol. The third-order valence-electron chi connectivity index (χ3n) is 2.35. The van der Waals surface area contributed by atoms with Crippen LogP contribution < -0.4 is 4.74 Å². The summed E-state index contributed by atoms with van der Waals surface area (Å²) in [4.78, 5) is 11.6. The van der Waals surface area contributed by atoms with Gasteiger partial charge < -0.3 is 13.9 Å². The molecule has 0 spiro atoms. The van der Waals surface area contributed by atoms with Crippen molar-refractivity contribution < 1.29 is 18.7 Å². The predicted octanol–water partition coefficient (Wildman–Crippen LogP) is 3.01. The lowest BCUT2D eigenvalue weighted by atomic mass is 10.2. The molecule has 0 saturated carbocycles. The average Bonchev–Trinajstić information content (AvgIpc) is 2.73. The summed E-state index contributed by atoms with van der Waals surface area (Å²) in [6.07, 6.45) is 1.42. The molecule has 0 aliphatic carbocycles. The van der Waals surface area contributed by atoms with E-state index in [1.165, 1.54) is 6.26 Å². The molecule has 1 aromatic carbocycles. The second-order valence-corrected chi connectivity index (χ2v) is 3.46. The van der Waals surface area contributed by atoms with E-state index >= 15 is 0 Å². The van der Waals surface area contributed by atoms with Gasteiger partial charge in [-0.15, -0.1) is 0 Å². The molecule has 0 aliphatic rings. The Labute approximate surface area is 99.1 Å². The number of benzene rings is 1. The van der Waals surface area contributed by atoms with Gasteiger partial charge in [0.2, 0.25) is 0 Å². The molecule has 2 aromatic rings. The number of carbonyl (C=O) groups excluding carboxylic acids is 1. The van der Waals surface area contributed by atoms with Crippen LogP contribution in [0.15, 0.2) is 28.9 Å². The number of fused-ring (bicyclic) bond motifs is 1. The fourth-order valence-corrected chi connectivity index (χ4v) is 1.63. The molecule has 1 aromatic heterocycles. The molecule has 4 heteroatoms. The van der Waals surface area contributed by atoms with E-state index in [0.717, 1.165) is 11.1 Å². The molecule has 4 nitrogen and oxygen atoms in total. The number of ether oxygens (including phenoxy) is 2. The van der Waals surface area contributed by atoms with Gasteiger partial charge in [0.05, 0.1) is 13.2 Å². The molecular weight excluding hydrogens is 220 g/mol. The van der Waals surface area contributed by atoms with Crippen LogP contribution in [0.3, 0.4) is 0 Å². The van der Waals surface area contributed by atoms with Crippen LogP contribution in [0.2, 0.25) is 0 Å². The van der Waals surface area contributed by atoms with Gasteiger partial charge in [-0.2, -0.15) is 0 Å². The summed E-state index contributed by atoms with van der Waals surface area (Å²) in [7, 11) is 0. The Kier molecular flexibility index (Phi) is 3.32. The summed E-state index contributed by atoms with van der Waals surface area (Å²) in [5.74, 6) is 0.361. The summed E-state index contributed by atoms with van der Waals surface area (Å²) in [6.45, 7) is 4.63. The Morgan fingerprint density at radius 2 is 2.12 bits per heavy atom. The zero-order valence-electron chi connectivity index (χ0n) is 9.86. The van der Waals surface area contributed by atoms with Crippen molar-refractivity contribution in [2.75, 3.05) is 13.2 Å². The summed E-state index contributed by atoms with van der Waals surface area (Å²) < 4.78 is 15.6. The van der Waals surface area contributed by atoms with Gasteiger partial charge in [-0.25, -0.2) is 4.79 Å². The Morgan fingerprint density at radius 1 is 1.29 bits per heavy atom. The fraction of sp³-hybridized carbons (Fsp3) is 0.308. The molecule has 0 fully saturated rings. The minimum Gasteiger partial charge on any atom is -0.494 e. The third kappa shape index (κ3) is 2.25. The minimum atomic E-state index is -0.365. The maximum absolute atomic E-state index is 11.6. The van der Waals surface area contributed by atoms with Crippen LogP contribution in [0.1, 0.15) is 24.2 Å². The van der Waals surface area contributed by atoms with Gasteiger partial charge in [0.1, 0.15) is 23.2 Å². The quantitative estimate of drug-likeness (QED) is 0.763. The zero-order valence-corrected chi connectivity index (χ0v) is 9.86. The molecule has 0 saturated heterocycles. The van der Waals surface area contributed by atoms with Gasteiger partial charge >= 0.3 is 5.97 Å². The highest BCUT2D eigenvalue weighted by Crippen LogP contribution is 2.26. The normalized spacial score (nSPS) is 10.5. The van der Waals surface area contributed by atoms with Gasteiger partial charge in [-0.1, -0.05) is 0 Å². The maximum Gasteiger partial charge on any atom is 0.342 e. The molecule has 0 amide bonds. The smallest absolute Gasteiger partial charge is 0.342 e. The van der Waals surface area contributed by atoms with Crippen molar-refractivity contribution in [3.63, 3.8) is 0 Å². The van der Waals surface area contributed by atoms with Gasteiger partial charge in [-0.3, -0.25) is 0 Å². The third-order valence-corrected chi connectivity index (χ3v) is 2.35. The van der Waals surface area contributed by atoms with E-state index in [4.69, 9.17) is 13.9 Å². The van der Waals surface area contributed by atoms with Crippen LogP contribution in [-0.4, -0.2) is 19.2 Å². The topological polar surface area (TPSA) is 48.7 Å². The molecule has 0 unspecified atom stereocenters. The summed E-state index contributed by atoms with van der Waals surface area (Å²) in [5, 5.41) is 0.743. The minimum absolute atomic E-state index is 0.350. The fourth-order valence-electron chi connectivity index (χ4n) is 1.63. The molecule has 2 rings (SSSR count). The Morgan fingerprint density at radius 3 is 2.82 bits per heavy atom. The molecule has 0 aliphatic heterocycles.